The van der Waals surface area contributed by atoms with Crippen molar-refractivity contribution in [3.8, 4) is 0 Å². The molecule has 0 saturated carbocycles. The van der Waals surface area contributed by atoms with Gasteiger partial charge in [0.15, 0.2) is 0 Å². The summed E-state index contributed by atoms with van der Waals surface area (Å²) in [6.07, 6.45) is 0.801. The lowest BCUT2D eigenvalue weighted by atomic mass is 10.0. The second kappa shape index (κ2) is 3.54. The molecule has 1 rings (SSSR count). The molecule has 0 amide bonds. The summed E-state index contributed by atoms with van der Waals surface area (Å²) in [5.74, 6) is -0.320. The zero-order valence-electron chi connectivity index (χ0n) is 7.05. The minimum absolute atomic E-state index is 0.0920. The van der Waals surface area contributed by atoms with Gasteiger partial charge in [0.25, 0.3) is 0 Å². The van der Waals surface area contributed by atoms with Crippen LogP contribution in [0, 0.1) is 5.82 Å². The zero-order chi connectivity index (χ0) is 9.14. The molecule has 1 unspecified atom stereocenters. The van der Waals surface area contributed by atoms with Gasteiger partial charge in [-0.15, -0.1) is 0 Å². The van der Waals surface area contributed by atoms with E-state index in [0.29, 0.717) is 5.69 Å². The zero-order valence-corrected chi connectivity index (χ0v) is 7.05. The first kappa shape index (κ1) is 9.00. The van der Waals surface area contributed by atoms with E-state index < -0.39 is 0 Å². The van der Waals surface area contributed by atoms with E-state index in [4.69, 9.17) is 11.5 Å². The Kier molecular flexibility index (Phi) is 2.65. The highest BCUT2D eigenvalue weighted by molar-refractivity contribution is 5.48. The van der Waals surface area contributed by atoms with Crippen LogP contribution in [0.4, 0.5) is 10.1 Å². The van der Waals surface area contributed by atoms with E-state index in [-0.39, 0.29) is 11.9 Å². The summed E-state index contributed by atoms with van der Waals surface area (Å²) in [5.41, 5.74) is 12.6. The Morgan fingerprint density at radius 3 is 2.67 bits per heavy atom. The Balaban J connectivity index is 3.01. The molecule has 66 valence electrons. The molecule has 1 aromatic rings. The highest BCUT2D eigenvalue weighted by Crippen LogP contribution is 2.21. The van der Waals surface area contributed by atoms with E-state index >= 15 is 0 Å². The fourth-order valence-corrected chi connectivity index (χ4v) is 1.10. The Hall–Kier alpha value is -1.09. The first-order valence-electron chi connectivity index (χ1n) is 3.95. The van der Waals surface area contributed by atoms with Crippen LogP contribution >= 0.6 is 0 Å². The molecule has 3 heteroatoms. The fourth-order valence-electron chi connectivity index (χ4n) is 1.10. The summed E-state index contributed by atoms with van der Waals surface area (Å²) >= 11 is 0. The van der Waals surface area contributed by atoms with Crippen LogP contribution in [0.25, 0.3) is 0 Å². The topological polar surface area (TPSA) is 52.0 Å². The third-order valence-corrected chi connectivity index (χ3v) is 1.89. The van der Waals surface area contributed by atoms with Gasteiger partial charge >= 0.3 is 0 Å². The van der Waals surface area contributed by atoms with Crippen molar-refractivity contribution in [1.82, 2.24) is 0 Å². The third kappa shape index (κ3) is 1.74. The van der Waals surface area contributed by atoms with E-state index in [2.05, 4.69) is 0 Å². The van der Waals surface area contributed by atoms with Crippen molar-refractivity contribution in [1.29, 1.82) is 0 Å². The molecule has 1 atom stereocenters. The lowest BCUT2D eigenvalue weighted by Gasteiger charge is -2.11. The summed E-state index contributed by atoms with van der Waals surface area (Å²) < 4.78 is 12.6. The number of hydrogen-bond acceptors (Lipinski definition) is 2. The van der Waals surface area contributed by atoms with Crippen LogP contribution in [0.5, 0.6) is 0 Å². The Bertz CT molecular complexity index is 273. The van der Waals surface area contributed by atoms with Gasteiger partial charge < -0.3 is 11.5 Å². The number of halogens is 1. The molecular weight excluding hydrogens is 155 g/mol. The van der Waals surface area contributed by atoms with Crippen molar-refractivity contribution in [2.75, 3.05) is 5.73 Å². The predicted octanol–water partition coefficient (Wildman–Crippen LogP) is 1.82. The minimum Gasteiger partial charge on any atom is -0.398 e. The van der Waals surface area contributed by atoms with Gasteiger partial charge in [0.2, 0.25) is 0 Å². The monoisotopic (exact) mass is 168 g/mol. The summed E-state index contributed by atoms with van der Waals surface area (Å²) in [4.78, 5) is 0. The van der Waals surface area contributed by atoms with Crippen LogP contribution in [0.3, 0.4) is 0 Å². The lowest BCUT2D eigenvalue weighted by Crippen LogP contribution is -2.11. The number of rotatable bonds is 2. The molecule has 0 aliphatic carbocycles. The Labute approximate surface area is 71.4 Å². The van der Waals surface area contributed by atoms with Crippen LogP contribution in [0.2, 0.25) is 0 Å². The fraction of sp³-hybridized carbons (Fsp3) is 0.333. The maximum Gasteiger partial charge on any atom is 0.125 e. The highest BCUT2D eigenvalue weighted by Gasteiger charge is 2.07. The number of benzene rings is 1. The van der Waals surface area contributed by atoms with Gasteiger partial charge in [0.05, 0.1) is 0 Å². The molecule has 12 heavy (non-hydrogen) atoms. The molecular formula is C9H13FN2. The molecule has 0 aliphatic rings. The SMILES string of the molecule is CCC(N)c1ccc(F)cc1N. The average molecular weight is 168 g/mol. The molecule has 0 spiro atoms. The normalized spacial score (nSPS) is 12.9. The van der Waals surface area contributed by atoms with Crippen molar-refractivity contribution < 1.29 is 4.39 Å². The van der Waals surface area contributed by atoms with Gasteiger partial charge in [-0.2, -0.15) is 0 Å². The smallest absolute Gasteiger partial charge is 0.125 e. The van der Waals surface area contributed by atoms with E-state index in [9.17, 15) is 4.39 Å². The average Bonchev–Trinajstić information content (AvgIpc) is 2.03. The van der Waals surface area contributed by atoms with Crippen molar-refractivity contribution in [3.63, 3.8) is 0 Å². The third-order valence-electron chi connectivity index (χ3n) is 1.89. The predicted molar refractivity (Wildman–Crippen MR) is 48.0 cm³/mol. The van der Waals surface area contributed by atoms with Crippen molar-refractivity contribution >= 4 is 5.69 Å². The lowest BCUT2D eigenvalue weighted by molar-refractivity contribution is 0.624. The number of hydrogen-bond donors (Lipinski definition) is 2. The van der Waals surface area contributed by atoms with E-state index in [1.54, 1.807) is 6.07 Å². The highest BCUT2D eigenvalue weighted by atomic mass is 19.1. The van der Waals surface area contributed by atoms with Crippen LogP contribution in [-0.4, -0.2) is 0 Å². The van der Waals surface area contributed by atoms with Crippen molar-refractivity contribution in [3.05, 3.63) is 29.6 Å². The van der Waals surface area contributed by atoms with Gasteiger partial charge in [-0.05, 0) is 24.1 Å². The maximum absolute atomic E-state index is 12.6. The molecule has 0 heterocycles. The summed E-state index contributed by atoms with van der Waals surface area (Å²) in [6.45, 7) is 1.97. The largest absolute Gasteiger partial charge is 0.398 e. The number of anilines is 1. The maximum atomic E-state index is 12.6. The molecule has 0 saturated heterocycles. The van der Waals surface area contributed by atoms with Crippen LogP contribution in [0.15, 0.2) is 18.2 Å². The van der Waals surface area contributed by atoms with Crippen molar-refractivity contribution in [2.24, 2.45) is 5.73 Å². The first-order chi connectivity index (χ1) is 5.65. The molecule has 0 aromatic heterocycles. The van der Waals surface area contributed by atoms with Gasteiger partial charge in [0.1, 0.15) is 5.82 Å². The van der Waals surface area contributed by atoms with Crippen LogP contribution < -0.4 is 11.5 Å². The van der Waals surface area contributed by atoms with Gasteiger partial charge in [-0.3, -0.25) is 0 Å². The van der Waals surface area contributed by atoms with Crippen molar-refractivity contribution in [2.45, 2.75) is 19.4 Å². The Morgan fingerprint density at radius 2 is 2.17 bits per heavy atom. The van der Waals surface area contributed by atoms with E-state index in [0.717, 1.165) is 12.0 Å². The van der Waals surface area contributed by atoms with E-state index in [1.807, 2.05) is 6.92 Å². The summed E-state index contributed by atoms with van der Waals surface area (Å²) in [7, 11) is 0. The minimum atomic E-state index is -0.320. The van der Waals surface area contributed by atoms with Gasteiger partial charge in [0, 0.05) is 11.7 Å². The standard InChI is InChI=1S/C9H13FN2/c1-2-8(11)7-4-3-6(10)5-9(7)12/h3-5,8H,2,11-12H2,1H3. The molecule has 1 aromatic carbocycles. The van der Waals surface area contributed by atoms with Gasteiger partial charge in [-0.25, -0.2) is 4.39 Å². The second-order valence-electron chi connectivity index (χ2n) is 2.79. The molecule has 4 N–H and O–H groups in total. The van der Waals surface area contributed by atoms with E-state index in [1.165, 1.54) is 12.1 Å². The number of nitrogen functional groups attached to an aromatic ring is 1. The first-order valence-corrected chi connectivity index (χ1v) is 3.95. The van der Waals surface area contributed by atoms with Crippen LogP contribution in [0.1, 0.15) is 24.9 Å². The molecule has 2 nitrogen and oxygen atoms in total. The number of nitrogens with two attached hydrogens (primary N) is 2. The Morgan fingerprint density at radius 1 is 1.50 bits per heavy atom. The summed E-state index contributed by atoms with van der Waals surface area (Å²) in [6, 6.07) is 4.22. The molecule has 0 radical (unpaired) electrons. The van der Waals surface area contributed by atoms with Gasteiger partial charge in [-0.1, -0.05) is 13.0 Å². The summed E-state index contributed by atoms with van der Waals surface area (Å²) in [5, 5.41) is 0. The van der Waals surface area contributed by atoms with Crippen LogP contribution in [-0.2, 0) is 0 Å². The second-order valence-corrected chi connectivity index (χ2v) is 2.79. The molecule has 0 fully saturated rings. The molecule has 0 bridgehead atoms. The molecule has 0 aliphatic heterocycles. The quantitative estimate of drug-likeness (QED) is 0.662.